The average molecular weight is 254 g/mol. The van der Waals surface area contributed by atoms with Gasteiger partial charge in [-0.3, -0.25) is 14.5 Å². The molecule has 1 aliphatic rings. The second kappa shape index (κ2) is 7.87. The van der Waals surface area contributed by atoms with Gasteiger partial charge in [-0.2, -0.15) is 0 Å². The van der Waals surface area contributed by atoms with Crippen molar-refractivity contribution in [3.05, 3.63) is 12.7 Å². The van der Waals surface area contributed by atoms with E-state index in [1.165, 1.54) is 7.11 Å². The van der Waals surface area contributed by atoms with E-state index in [1.807, 2.05) is 4.90 Å². The molecule has 0 atom stereocenters. The van der Waals surface area contributed by atoms with E-state index in [9.17, 15) is 9.59 Å². The number of allylic oxidation sites excluding steroid dienone is 1. The highest BCUT2D eigenvalue weighted by Gasteiger charge is 2.20. The molecule has 0 aromatic heterocycles. The smallest absolute Gasteiger partial charge is 0.306 e. The van der Waals surface area contributed by atoms with Crippen LogP contribution in [0.5, 0.6) is 0 Å². The van der Waals surface area contributed by atoms with E-state index in [1.54, 1.807) is 6.08 Å². The van der Waals surface area contributed by atoms with Crippen molar-refractivity contribution in [2.45, 2.75) is 19.3 Å². The molecule has 0 saturated carbocycles. The van der Waals surface area contributed by atoms with Crippen LogP contribution in [-0.2, 0) is 14.3 Å². The number of ether oxygens (including phenoxy) is 1. The minimum absolute atomic E-state index is 0.181. The number of carbonyl (C=O) groups excluding carboxylic acids is 2. The normalized spacial score (nSPS) is 16.4. The molecule has 5 nitrogen and oxygen atoms in total. The van der Waals surface area contributed by atoms with Crippen LogP contribution in [-0.4, -0.2) is 61.5 Å². The lowest BCUT2D eigenvalue weighted by atomic mass is 10.2. The fourth-order valence-electron chi connectivity index (χ4n) is 1.96. The van der Waals surface area contributed by atoms with Gasteiger partial charge in [0, 0.05) is 39.1 Å². The Labute approximate surface area is 108 Å². The van der Waals surface area contributed by atoms with Crippen LogP contribution in [0.1, 0.15) is 19.3 Å². The molecule has 0 spiro atoms. The maximum absolute atomic E-state index is 11.8. The first-order chi connectivity index (χ1) is 8.67. The number of hydrogen-bond donors (Lipinski definition) is 0. The van der Waals surface area contributed by atoms with Crippen LogP contribution in [0.2, 0.25) is 0 Å². The SMILES string of the molecule is C=CCCC(=O)N1CCN(CCC(=O)OC)CC1. The molecule has 0 N–H and O–H groups in total. The summed E-state index contributed by atoms with van der Waals surface area (Å²) in [5, 5.41) is 0. The largest absolute Gasteiger partial charge is 0.469 e. The van der Waals surface area contributed by atoms with Gasteiger partial charge in [0.2, 0.25) is 5.91 Å². The fraction of sp³-hybridized carbons (Fsp3) is 0.692. The zero-order chi connectivity index (χ0) is 13.4. The van der Waals surface area contributed by atoms with E-state index < -0.39 is 0 Å². The van der Waals surface area contributed by atoms with Crippen molar-refractivity contribution in [3.63, 3.8) is 0 Å². The lowest BCUT2D eigenvalue weighted by Crippen LogP contribution is -2.49. The fourth-order valence-corrected chi connectivity index (χ4v) is 1.96. The van der Waals surface area contributed by atoms with Crippen molar-refractivity contribution < 1.29 is 14.3 Å². The van der Waals surface area contributed by atoms with Gasteiger partial charge in [0.05, 0.1) is 13.5 Å². The lowest BCUT2D eigenvalue weighted by molar-refractivity contribution is -0.141. The Bertz CT molecular complexity index is 297. The summed E-state index contributed by atoms with van der Waals surface area (Å²) in [6, 6.07) is 0. The van der Waals surface area contributed by atoms with E-state index in [0.717, 1.165) is 32.6 Å². The zero-order valence-electron chi connectivity index (χ0n) is 11.1. The molecule has 0 unspecified atom stereocenters. The van der Waals surface area contributed by atoms with Crippen LogP contribution in [0.3, 0.4) is 0 Å². The number of piperazine rings is 1. The van der Waals surface area contributed by atoms with Crippen LogP contribution < -0.4 is 0 Å². The van der Waals surface area contributed by atoms with Gasteiger partial charge in [0.15, 0.2) is 0 Å². The third-order valence-corrected chi connectivity index (χ3v) is 3.15. The van der Waals surface area contributed by atoms with Crippen molar-refractivity contribution in [1.29, 1.82) is 0 Å². The van der Waals surface area contributed by atoms with Crippen LogP contribution >= 0.6 is 0 Å². The molecular formula is C13H22N2O3. The van der Waals surface area contributed by atoms with E-state index >= 15 is 0 Å². The molecule has 5 heteroatoms. The summed E-state index contributed by atoms with van der Waals surface area (Å²) >= 11 is 0. The summed E-state index contributed by atoms with van der Waals surface area (Å²) in [6.07, 6.45) is 3.47. The van der Waals surface area contributed by atoms with Crippen molar-refractivity contribution in [3.8, 4) is 0 Å². The van der Waals surface area contributed by atoms with Gasteiger partial charge < -0.3 is 9.64 Å². The number of nitrogens with zero attached hydrogens (tertiary/aromatic N) is 2. The van der Waals surface area contributed by atoms with Crippen LogP contribution in [0, 0.1) is 0 Å². The molecule has 1 aliphatic heterocycles. The Morgan fingerprint density at radius 3 is 2.44 bits per heavy atom. The molecule has 0 aromatic carbocycles. The summed E-state index contributed by atoms with van der Waals surface area (Å²) in [5.41, 5.74) is 0. The van der Waals surface area contributed by atoms with Crippen LogP contribution in [0.15, 0.2) is 12.7 Å². The summed E-state index contributed by atoms with van der Waals surface area (Å²) in [7, 11) is 1.40. The number of esters is 1. The van der Waals surface area contributed by atoms with Crippen LogP contribution in [0.25, 0.3) is 0 Å². The Morgan fingerprint density at radius 2 is 1.89 bits per heavy atom. The molecule has 0 aromatic rings. The van der Waals surface area contributed by atoms with Gasteiger partial charge in [-0.1, -0.05) is 6.08 Å². The summed E-state index contributed by atoms with van der Waals surface area (Å²) in [5.74, 6) is 0.0157. The van der Waals surface area contributed by atoms with Crippen molar-refractivity contribution in [2.75, 3.05) is 39.8 Å². The van der Waals surface area contributed by atoms with Gasteiger partial charge in [-0.05, 0) is 6.42 Å². The maximum Gasteiger partial charge on any atom is 0.306 e. The predicted molar refractivity (Wildman–Crippen MR) is 69.1 cm³/mol. The molecule has 0 radical (unpaired) electrons. The minimum Gasteiger partial charge on any atom is -0.469 e. The first kappa shape index (κ1) is 14.7. The lowest BCUT2D eigenvalue weighted by Gasteiger charge is -2.34. The van der Waals surface area contributed by atoms with E-state index in [4.69, 9.17) is 0 Å². The number of methoxy groups -OCH3 is 1. The molecular weight excluding hydrogens is 232 g/mol. The Balaban J connectivity index is 2.21. The number of amides is 1. The Morgan fingerprint density at radius 1 is 1.22 bits per heavy atom. The minimum atomic E-state index is -0.181. The van der Waals surface area contributed by atoms with Gasteiger partial charge in [0.25, 0.3) is 0 Å². The van der Waals surface area contributed by atoms with E-state index in [0.29, 0.717) is 19.4 Å². The molecule has 102 valence electrons. The number of carbonyl (C=O) groups is 2. The third-order valence-electron chi connectivity index (χ3n) is 3.15. The molecule has 1 rings (SSSR count). The zero-order valence-corrected chi connectivity index (χ0v) is 11.1. The van der Waals surface area contributed by atoms with Crippen molar-refractivity contribution in [2.24, 2.45) is 0 Å². The highest BCUT2D eigenvalue weighted by Crippen LogP contribution is 2.06. The summed E-state index contributed by atoms with van der Waals surface area (Å²) in [6.45, 7) is 7.48. The third kappa shape index (κ3) is 4.87. The van der Waals surface area contributed by atoms with Crippen LogP contribution in [0.4, 0.5) is 0 Å². The topological polar surface area (TPSA) is 49.9 Å². The molecule has 1 fully saturated rings. The predicted octanol–water partition coefficient (Wildman–Crippen LogP) is 0.660. The molecule has 1 amide bonds. The highest BCUT2D eigenvalue weighted by molar-refractivity contribution is 5.76. The summed E-state index contributed by atoms with van der Waals surface area (Å²) in [4.78, 5) is 26.9. The first-order valence-electron chi connectivity index (χ1n) is 6.35. The van der Waals surface area contributed by atoms with Gasteiger partial charge >= 0.3 is 5.97 Å². The molecule has 0 aliphatic carbocycles. The van der Waals surface area contributed by atoms with Gasteiger partial charge in [-0.25, -0.2) is 0 Å². The Hall–Kier alpha value is -1.36. The Kier molecular flexibility index (Phi) is 6.43. The standard InChI is InChI=1S/C13H22N2O3/c1-3-4-5-12(16)15-10-8-14(9-11-15)7-6-13(17)18-2/h3H,1,4-11H2,2H3. The molecule has 1 heterocycles. The summed E-state index contributed by atoms with van der Waals surface area (Å²) < 4.78 is 4.61. The number of hydrogen-bond acceptors (Lipinski definition) is 4. The monoisotopic (exact) mass is 254 g/mol. The highest BCUT2D eigenvalue weighted by atomic mass is 16.5. The van der Waals surface area contributed by atoms with Crippen molar-refractivity contribution in [1.82, 2.24) is 9.80 Å². The van der Waals surface area contributed by atoms with E-state index in [-0.39, 0.29) is 11.9 Å². The quantitative estimate of drug-likeness (QED) is 0.516. The van der Waals surface area contributed by atoms with E-state index in [2.05, 4.69) is 16.2 Å². The molecule has 1 saturated heterocycles. The second-order valence-corrected chi connectivity index (χ2v) is 4.38. The first-order valence-corrected chi connectivity index (χ1v) is 6.35. The van der Waals surface area contributed by atoms with Gasteiger partial charge in [-0.15, -0.1) is 6.58 Å². The molecule has 0 bridgehead atoms. The van der Waals surface area contributed by atoms with Gasteiger partial charge in [0.1, 0.15) is 0 Å². The molecule has 18 heavy (non-hydrogen) atoms. The van der Waals surface area contributed by atoms with Crippen molar-refractivity contribution >= 4 is 11.9 Å². The second-order valence-electron chi connectivity index (χ2n) is 4.38. The number of rotatable bonds is 6. The maximum atomic E-state index is 11.8. The average Bonchev–Trinajstić information content (AvgIpc) is 2.42.